The van der Waals surface area contributed by atoms with Crippen LogP contribution in [0.25, 0.3) is 44.7 Å². The molecule has 3 N–H and O–H groups in total. The number of nitrogens with one attached hydrogen (secondary N) is 1. The van der Waals surface area contributed by atoms with Crippen molar-refractivity contribution in [2.75, 3.05) is 36.0 Å². The van der Waals surface area contributed by atoms with Crippen molar-refractivity contribution < 1.29 is 17.9 Å². The van der Waals surface area contributed by atoms with Gasteiger partial charge in [-0.05, 0) is 130 Å². The number of fused-ring (bicyclic) bond motifs is 2. The first-order valence-corrected chi connectivity index (χ1v) is 24.1. The maximum Gasteiger partial charge on any atom is 0.410 e. The molecule has 0 saturated carbocycles. The highest BCUT2D eigenvalue weighted by atomic mass is 79.9. The van der Waals surface area contributed by atoms with Gasteiger partial charge in [-0.1, -0.05) is 30.3 Å². The van der Waals surface area contributed by atoms with E-state index < -0.39 is 15.6 Å². The number of ether oxygens (including phenoxy) is 1. The van der Waals surface area contributed by atoms with Gasteiger partial charge in [0.15, 0.2) is 11.3 Å². The van der Waals surface area contributed by atoms with E-state index in [9.17, 15) is 13.2 Å². The molecule has 15 nitrogen and oxygen atoms in total. The molecule has 4 aromatic heterocycles. The van der Waals surface area contributed by atoms with Crippen molar-refractivity contribution in [2.45, 2.75) is 90.1 Å². The van der Waals surface area contributed by atoms with Crippen LogP contribution in [-0.2, 0) is 14.8 Å². The van der Waals surface area contributed by atoms with Crippen molar-refractivity contribution in [3.8, 4) is 33.4 Å². The van der Waals surface area contributed by atoms with Crippen LogP contribution in [0.3, 0.4) is 0 Å². The molecule has 2 aliphatic rings. The summed E-state index contributed by atoms with van der Waals surface area (Å²) in [7, 11) is -3.76. The Morgan fingerprint density at radius 3 is 1.72 bits per heavy atom. The standard InChI is InChI=1S/C25H28N6O2S.C23H28BrN5O2/c1-16-10-20(6-9-24(16)34(26,32)33)23-14-29-30-15-21(13-28-25(23)30)19-4-7-22(8-5-19)31-17(2)11-27-12-18(31)3;1-15-12-27(22(30)31-23(3,4)5)13-16(2)29(15)19-8-6-17(7-9-19)18-10-25-21-20(24)11-26-28(21)14-18/h4-10,13-15,17-18,27H,11-12H2,1-3H3,(H2,26,32,33);6-11,14-16H,12-13H2,1-5H3/t17-,18+;15-,16+. The zero-order valence-electron chi connectivity index (χ0n) is 38.0. The van der Waals surface area contributed by atoms with Crippen molar-refractivity contribution >= 4 is 54.7 Å². The van der Waals surface area contributed by atoms with Gasteiger partial charge in [-0.15, -0.1) is 0 Å². The van der Waals surface area contributed by atoms with E-state index in [1.165, 1.54) is 11.8 Å². The predicted octanol–water partition coefficient (Wildman–Crippen LogP) is 8.20. The van der Waals surface area contributed by atoms with Crippen molar-refractivity contribution in [3.05, 3.63) is 114 Å². The average molecular weight is 963 g/mol. The Balaban J connectivity index is 0.000000178. The van der Waals surface area contributed by atoms with Crippen molar-refractivity contribution in [1.29, 1.82) is 0 Å². The first-order valence-electron chi connectivity index (χ1n) is 21.8. The Morgan fingerprint density at radius 2 is 1.20 bits per heavy atom. The number of aromatic nitrogens is 6. The summed E-state index contributed by atoms with van der Waals surface area (Å²) in [5, 5.41) is 17.6. The third-order valence-electron chi connectivity index (χ3n) is 11.9. The minimum atomic E-state index is -3.76. The lowest BCUT2D eigenvalue weighted by Crippen LogP contribution is -2.58. The Labute approximate surface area is 388 Å². The summed E-state index contributed by atoms with van der Waals surface area (Å²) >= 11 is 3.46. The highest BCUT2D eigenvalue weighted by Gasteiger charge is 2.34. The van der Waals surface area contributed by atoms with Crippen LogP contribution in [0.4, 0.5) is 16.2 Å². The molecule has 2 fully saturated rings. The van der Waals surface area contributed by atoms with E-state index in [0.717, 1.165) is 62.3 Å². The van der Waals surface area contributed by atoms with E-state index in [2.05, 4.69) is 127 Å². The minimum Gasteiger partial charge on any atom is -0.444 e. The SMILES string of the molecule is C[C@@H]1CN(C(=O)OC(C)(C)C)C[C@H](C)N1c1ccc(-c2cnc3c(Br)cnn3c2)cc1.Cc1cc(-c2cnn3cc(-c4ccc(N5[C@H](C)CNC[C@@H]5C)cc4)cnc23)ccc1S(N)(=O)=O. The first-order chi connectivity index (χ1) is 30.8. The van der Waals surface area contributed by atoms with E-state index in [-0.39, 0.29) is 23.1 Å². The van der Waals surface area contributed by atoms with Gasteiger partial charge in [0.1, 0.15) is 5.60 Å². The lowest BCUT2D eigenvalue weighted by molar-refractivity contribution is 0.0193. The second kappa shape index (κ2) is 18.2. The number of nitrogens with zero attached hydrogens (tertiary/aromatic N) is 9. The molecular formula is C48H56BrN11O4S. The number of primary sulfonamides is 1. The van der Waals surface area contributed by atoms with Crippen LogP contribution < -0.4 is 20.3 Å². The van der Waals surface area contributed by atoms with Crippen LogP contribution in [0, 0.1) is 6.92 Å². The molecule has 0 bridgehead atoms. The number of hydrogen-bond acceptors (Lipinski definition) is 11. The fourth-order valence-corrected chi connectivity index (χ4v) is 10.1. The van der Waals surface area contributed by atoms with Gasteiger partial charge in [0.05, 0.1) is 21.8 Å². The molecule has 2 saturated heterocycles. The van der Waals surface area contributed by atoms with E-state index in [1.807, 2.05) is 50.5 Å². The van der Waals surface area contributed by atoms with E-state index in [4.69, 9.17) is 9.88 Å². The second-order valence-corrected chi connectivity index (χ2v) is 20.5. The molecule has 7 aromatic rings. The van der Waals surface area contributed by atoms with Crippen LogP contribution in [0.5, 0.6) is 0 Å². The van der Waals surface area contributed by atoms with Gasteiger partial charge in [-0.2, -0.15) is 10.2 Å². The third-order valence-corrected chi connectivity index (χ3v) is 13.5. The fourth-order valence-electron chi connectivity index (χ4n) is 8.96. The Bertz CT molecular complexity index is 2930. The lowest BCUT2D eigenvalue weighted by Gasteiger charge is -2.45. The summed E-state index contributed by atoms with van der Waals surface area (Å²) in [6.45, 7) is 19.4. The van der Waals surface area contributed by atoms with Gasteiger partial charge in [-0.25, -0.2) is 37.4 Å². The number of sulfonamides is 1. The number of anilines is 2. The molecule has 1 amide bonds. The van der Waals surface area contributed by atoms with Crippen LogP contribution in [0.15, 0.2) is 113 Å². The topological polar surface area (TPSA) is 169 Å². The highest BCUT2D eigenvalue weighted by molar-refractivity contribution is 9.10. The lowest BCUT2D eigenvalue weighted by atomic mass is 10.0. The monoisotopic (exact) mass is 961 g/mol. The highest BCUT2D eigenvalue weighted by Crippen LogP contribution is 2.32. The number of carbonyl (C=O) groups is 1. The van der Waals surface area contributed by atoms with Crippen molar-refractivity contribution in [1.82, 2.24) is 39.4 Å². The molecule has 0 unspecified atom stereocenters. The molecule has 340 valence electrons. The summed E-state index contributed by atoms with van der Waals surface area (Å²) in [5.74, 6) is 0. The number of piperazine rings is 2. The van der Waals surface area contributed by atoms with E-state index >= 15 is 0 Å². The number of nitrogens with two attached hydrogens (primary N) is 1. The minimum absolute atomic E-state index is 0.121. The molecule has 6 heterocycles. The number of carbonyl (C=O) groups excluding carboxylic acids is 1. The van der Waals surface area contributed by atoms with Crippen molar-refractivity contribution in [2.24, 2.45) is 5.14 Å². The number of rotatable bonds is 6. The molecule has 17 heteroatoms. The molecular weight excluding hydrogens is 907 g/mol. The maximum atomic E-state index is 12.5. The van der Waals surface area contributed by atoms with Gasteiger partial charge in [0, 0.05) is 103 Å². The molecule has 9 rings (SSSR count). The Hall–Kier alpha value is -5.88. The maximum absolute atomic E-state index is 12.5. The summed E-state index contributed by atoms with van der Waals surface area (Å²) in [6.07, 6.45) is 10.9. The van der Waals surface area contributed by atoms with Crippen molar-refractivity contribution in [3.63, 3.8) is 0 Å². The number of hydrogen-bond donors (Lipinski definition) is 2. The molecule has 2 aliphatic heterocycles. The number of aryl methyl sites for hydroxylation is 1. The molecule has 65 heavy (non-hydrogen) atoms. The van der Waals surface area contributed by atoms with Crippen LogP contribution >= 0.6 is 15.9 Å². The summed E-state index contributed by atoms with van der Waals surface area (Å²) in [5.41, 5.74) is 9.75. The molecule has 3 aromatic carbocycles. The zero-order chi connectivity index (χ0) is 46.4. The molecule has 4 atom stereocenters. The summed E-state index contributed by atoms with van der Waals surface area (Å²) in [4.78, 5) is 28.5. The fraction of sp³-hybridized carbons (Fsp3) is 0.354. The Kier molecular flexibility index (Phi) is 12.8. The smallest absolute Gasteiger partial charge is 0.410 e. The summed E-state index contributed by atoms with van der Waals surface area (Å²) < 4.78 is 33.4. The normalized spacial score (nSPS) is 19.3. The quantitative estimate of drug-likeness (QED) is 0.165. The molecule has 0 radical (unpaired) electrons. The van der Waals surface area contributed by atoms with Crippen LogP contribution in [0.1, 0.15) is 54.0 Å². The predicted molar refractivity (Wildman–Crippen MR) is 260 cm³/mol. The van der Waals surface area contributed by atoms with Gasteiger partial charge >= 0.3 is 6.09 Å². The molecule has 0 spiro atoms. The number of benzene rings is 3. The average Bonchev–Trinajstić information content (AvgIpc) is 3.85. The number of halogens is 1. The number of amides is 1. The van der Waals surface area contributed by atoms with Gasteiger partial charge < -0.3 is 24.8 Å². The largest absolute Gasteiger partial charge is 0.444 e. The second-order valence-electron chi connectivity index (χ2n) is 18.1. The summed E-state index contributed by atoms with van der Waals surface area (Å²) in [6, 6.07) is 23.4. The van der Waals surface area contributed by atoms with E-state index in [0.29, 0.717) is 36.4 Å². The third kappa shape index (κ3) is 9.88. The first kappa shape index (κ1) is 45.7. The van der Waals surface area contributed by atoms with Crippen LogP contribution in [0.2, 0.25) is 0 Å². The zero-order valence-corrected chi connectivity index (χ0v) is 40.4. The van der Waals surface area contributed by atoms with Gasteiger partial charge in [0.25, 0.3) is 0 Å². The van der Waals surface area contributed by atoms with E-state index in [1.54, 1.807) is 40.5 Å². The van der Waals surface area contributed by atoms with Gasteiger partial charge in [-0.3, -0.25) is 0 Å². The van der Waals surface area contributed by atoms with Gasteiger partial charge in [0.2, 0.25) is 10.0 Å². The molecule has 0 aliphatic carbocycles. The Morgan fingerprint density at radius 1 is 0.708 bits per heavy atom. The van der Waals surface area contributed by atoms with Crippen LogP contribution in [-0.4, -0.2) is 105 Å².